The molecule has 8 N–H and O–H groups in total. The van der Waals surface area contributed by atoms with E-state index in [0.717, 1.165) is 12.1 Å². The monoisotopic (exact) mass is 852 g/mol. The molecule has 7 aromatic carbocycles. The second-order valence-corrected chi connectivity index (χ2v) is 15.5. The van der Waals surface area contributed by atoms with Crippen LogP contribution in [0.3, 0.4) is 0 Å². The number of phenols is 2. The topological polar surface area (TPSA) is 331 Å². The summed E-state index contributed by atoms with van der Waals surface area (Å²) in [6, 6.07) is 20.0. The van der Waals surface area contributed by atoms with E-state index in [9.17, 15) is 55.3 Å². The van der Waals surface area contributed by atoms with Gasteiger partial charge in [-0.15, -0.1) is 10.2 Å². The Morgan fingerprint density at radius 3 is 1.17 bits per heavy atom. The fraction of sp³-hybridized carbons (Fsp3) is 0. The van der Waals surface area contributed by atoms with Crippen molar-refractivity contribution in [2.45, 2.75) is 9.79 Å². The summed E-state index contributed by atoms with van der Waals surface area (Å²) in [7, 11) is -10.1. The number of nitrogens with zero attached hydrogens (tertiary/aromatic N) is 4. The summed E-state index contributed by atoms with van der Waals surface area (Å²) >= 11 is 0. The number of benzene rings is 6. The standard InChI is InChI=1S/C38H24N6O14S2/c45-33-25-11-9-23(13-19(25)15-27(59(53,54)55)29(33)43-41-21-5-1-17(2-6-21)37(49)50)39-31-32(36(48)35(31)47)40-24-10-12-26-20(14-24)16-28(60(56,57)58)30(34(26)46)44-42-22-7-3-18(4-8-22)38(51)52/h1-16,39-40,45-46H,(H,49,50)(H,51,52)(H,53,54,55)(H,56,57,58). The van der Waals surface area contributed by atoms with E-state index in [-0.39, 0.29) is 66.8 Å². The Balaban J connectivity index is 1.18. The first-order valence-corrected chi connectivity index (χ1v) is 19.6. The molecule has 0 aliphatic rings. The number of hydrogen-bond donors (Lipinski definition) is 8. The lowest BCUT2D eigenvalue weighted by molar-refractivity contribution is 0.0686. The van der Waals surface area contributed by atoms with Gasteiger partial charge in [0.2, 0.25) is 0 Å². The van der Waals surface area contributed by atoms with Crippen molar-refractivity contribution in [2.24, 2.45) is 20.5 Å². The number of hydrogen-bond acceptors (Lipinski definition) is 16. The van der Waals surface area contributed by atoms with Gasteiger partial charge in [-0.2, -0.15) is 27.1 Å². The molecule has 7 aromatic rings. The number of carboxylic acid groups (broad SMARTS) is 2. The first-order chi connectivity index (χ1) is 28.3. The number of carbonyl (C=O) groups is 2. The lowest BCUT2D eigenvalue weighted by atomic mass is 10.1. The van der Waals surface area contributed by atoms with Crippen molar-refractivity contribution in [1.29, 1.82) is 0 Å². The molecule has 0 saturated carbocycles. The Morgan fingerprint density at radius 2 is 0.850 bits per heavy atom. The zero-order valence-electron chi connectivity index (χ0n) is 29.8. The maximum absolute atomic E-state index is 12.7. The molecule has 20 nitrogen and oxygen atoms in total. The maximum atomic E-state index is 12.7. The Hall–Kier alpha value is -7.92. The highest BCUT2D eigenvalue weighted by Gasteiger charge is 2.26. The SMILES string of the molecule is O=C(O)c1ccc(N=Nc2c(S(=O)(=O)O)cc3cc(Nc4c(Nc5ccc6c(O)c(N=Nc7ccc(C(=O)O)cc7)c(S(=O)(=O)O)cc6c5)c(=O)c4=O)ccc3c2O)cc1. The van der Waals surface area contributed by atoms with E-state index in [1.807, 2.05) is 0 Å². The predicted octanol–water partition coefficient (Wildman–Crippen LogP) is 7.21. The third-order valence-electron chi connectivity index (χ3n) is 8.87. The van der Waals surface area contributed by atoms with Crippen molar-refractivity contribution in [3.05, 3.63) is 129 Å². The zero-order chi connectivity index (χ0) is 43.3. The minimum atomic E-state index is -5.03. The van der Waals surface area contributed by atoms with Gasteiger partial charge >= 0.3 is 11.9 Å². The molecule has 0 spiro atoms. The Bertz CT molecular complexity index is 3100. The second-order valence-electron chi connectivity index (χ2n) is 12.7. The normalized spacial score (nSPS) is 12.2. The summed E-state index contributed by atoms with van der Waals surface area (Å²) < 4.78 is 69.5. The Morgan fingerprint density at radius 1 is 0.500 bits per heavy atom. The summed E-state index contributed by atoms with van der Waals surface area (Å²) in [5, 5.41) is 61.2. The van der Waals surface area contributed by atoms with Crippen LogP contribution in [0.15, 0.2) is 137 Å². The quantitative estimate of drug-likeness (QED) is 0.0342. The van der Waals surface area contributed by atoms with Gasteiger partial charge in [0.25, 0.3) is 31.1 Å². The van der Waals surface area contributed by atoms with Crippen molar-refractivity contribution in [1.82, 2.24) is 0 Å². The Kier molecular flexibility index (Phi) is 10.1. The van der Waals surface area contributed by atoms with Crippen molar-refractivity contribution in [2.75, 3.05) is 10.6 Å². The van der Waals surface area contributed by atoms with Gasteiger partial charge in [0.05, 0.1) is 22.5 Å². The van der Waals surface area contributed by atoms with E-state index in [2.05, 4.69) is 31.1 Å². The minimum Gasteiger partial charge on any atom is -0.505 e. The van der Waals surface area contributed by atoms with Gasteiger partial charge in [-0.3, -0.25) is 18.7 Å². The Labute approximate surface area is 335 Å². The number of carboxylic acids is 2. The third-order valence-corrected chi connectivity index (χ3v) is 10.6. The van der Waals surface area contributed by atoms with Gasteiger partial charge in [0.1, 0.15) is 32.5 Å². The van der Waals surface area contributed by atoms with Crippen molar-refractivity contribution < 1.29 is 56.0 Å². The highest BCUT2D eigenvalue weighted by Crippen LogP contribution is 2.44. The van der Waals surface area contributed by atoms with E-state index in [1.165, 1.54) is 84.9 Å². The van der Waals surface area contributed by atoms with Crippen LogP contribution in [0.1, 0.15) is 20.7 Å². The summed E-state index contributed by atoms with van der Waals surface area (Å²) in [4.78, 5) is 46.0. The summed E-state index contributed by atoms with van der Waals surface area (Å²) in [6.45, 7) is 0. The van der Waals surface area contributed by atoms with Crippen LogP contribution >= 0.6 is 0 Å². The van der Waals surface area contributed by atoms with Gasteiger partial charge < -0.3 is 31.1 Å². The molecule has 302 valence electrons. The smallest absolute Gasteiger partial charge is 0.335 e. The number of aromatic carboxylic acids is 2. The van der Waals surface area contributed by atoms with Crippen LogP contribution in [-0.4, -0.2) is 58.3 Å². The molecule has 7 rings (SSSR count). The average Bonchev–Trinajstić information content (AvgIpc) is 3.20. The summed E-state index contributed by atoms with van der Waals surface area (Å²) in [6.07, 6.45) is 0. The number of fused-ring (bicyclic) bond motifs is 2. The zero-order valence-corrected chi connectivity index (χ0v) is 31.4. The van der Waals surface area contributed by atoms with Gasteiger partial charge in [-0.1, -0.05) is 0 Å². The van der Waals surface area contributed by atoms with Crippen LogP contribution in [0, 0.1) is 0 Å². The summed E-state index contributed by atoms with van der Waals surface area (Å²) in [5.74, 6) is -3.79. The largest absolute Gasteiger partial charge is 0.505 e. The molecular formula is C38H24N6O14S2. The fourth-order valence-electron chi connectivity index (χ4n) is 5.92. The summed E-state index contributed by atoms with van der Waals surface area (Å²) in [5.41, 5.74) is -3.32. The van der Waals surface area contributed by atoms with Gasteiger partial charge in [-0.05, 0) is 108 Å². The molecule has 0 saturated heterocycles. The highest BCUT2D eigenvalue weighted by atomic mass is 32.2. The molecule has 22 heteroatoms. The van der Waals surface area contributed by atoms with Crippen molar-refractivity contribution in [3.63, 3.8) is 0 Å². The van der Waals surface area contributed by atoms with Crippen LogP contribution in [-0.2, 0) is 20.2 Å². The van der Waals surface area contributed by atoms with Crippen LogP contribution < -0.4 is 21.5 Å². The molecule has 0 atom stereocenters. The van der Waals surface area contributed by atoms with Crippen LogP contribution in [0.4, 0.5) is 45.5 Å². The number of rotatable bonds is 12. The molecule has 0 aliphatic heterocycles. The lowest BCUT2D eigenvalue weighted by Gasteiger charge is -2.16. The third kappa shape index (κ3) is 7.84. The fourth-order valence-corrected chi connectivity index (χ4v) is 7.24. The van der Waals surface area contributed by atoms with Crippen LogP contribution in [0.2, 0.25) is 0 Å². The molecule has 60 heavy (non-hydrogen) atoms. The highest BCUT2D eigenvalue weighted by molar-refractivity contribution is 7.86. The molecule has 0 aliphatic carbocycles. The molecule has 0 aromatic heterocycles. The van der Waals surface area contributed by atoms with Crippen LogP contribution in [0.5, 0.6) is 11.5 Å². The average molecular weight is 853 g/mol. The van der Waals surface area contributed by atoms with E-state index in [0.29, 0.717) is 0 Å². The number of anilines is 4. The molecule has 0 heterocycles. The molecule has 0 radical (unpaired) electrons. The van der Waals surface area contributed by atoms with Gasteiger partial charge in [-0.25, -0.2) is 9.59 Å². The lowest BCUT2D eigenvalue weighted by Crippen LogP contribution is -2.35. The van der Waals surface area contributed by atoms with Gasteiger partial charge in [0.15, 0.2) is 11.5 Å². The first kappa shape index (κ1) is 40.3. The second kappa shape index (κ2) is 15.1. The van der Waals surface area contributed by atoms with Crippen molar-refractivity contribution in [3.8, 4) is 11.5 Å². The van der Waals surface area contributed by atoms with Gasteiger partial charge in [0, 0.05) is 22.1 Å². The molecule has 0 fully saturated rings. The van der Waals surface area contributed by atoms with Crippen LogP contribution in [0.25, 0.3) is 21.5 Å². The first-order valence-electron chi connectivity index (χ1n) is 16.7. The molecule has 0 bridgehead atoms. The number of phenolic OH excluding ortho intramolecular Hbond substituents is 2. The molecule has 0 unspecified atom stereocenters. The van der Waals surface area contributed by atoms with E-state index in [1.54, 1.807) is 0 Å². The van der Waals surface area contributed by atoms with E-state index >= 15 is 0 Å². The predicted molar refractivity (Wildman–Crippen MR) is 214 cm³/mol. The molecule has 0 amide bonds. The van der Waals surface area contributed by atoms with E-state index in [4.69, 9.17) is 10.2 Å². The maximum Gasteiger partial charge on any atom is 0.335 e. The van der Waals surface area contributed by atoms with Crippen molar-refractivity contribution >= 4 is 99.2 Å². The minimum absolute atomic E-state index is 0.0297. The number of nitrogens with one attached hydrogen (secondary N) is 2. The number of aromatic hydroxyl groups is 2. The molecular weight excluding hydrogens is 829 g/mol. The number of azo groups is 2. The van der Waals surface area contributed by atoms with E-state index < -0.39 is 75.7 Å².